The molecule has 176 valence electrons. The summed E-state index contributed by atoms with van der Waals surface area (Å²) >= 11 is 0. The predicted octanol–water partition coefficient (Wildman–Crippen LogP) is 7.36. The highest BCUT2D eigenvalue weighted by atomic mass is 19.4. The summed E-state index contributed by atoms with van der Waals surface area (Å²) in [5.41, 5.74) is 0.990. The van der Waals surface area contributed by atoms with Gasteiger partial charge in [0.1, 0.15) is 22.7 Å². The van der Waals surface area contributed by atoms with Crippen LogP contribution in [-0.4, -0.2) is 15.6 Å². The molecule has 5 nitrogen and oxygen atoms in total. The molecule has 0 radical (unpaired) electrons. The number of ether oxygens (including phenoxy) is 1. The Balaban J connectivity index is 1.81. The van der Waals surface area contributed by atoms with Crippen LogP contribution in [0.2, 0.25) is 0 Å². The summed E-state index contributed by atoms with van der Waals surface area (Å²) in [6.45, 7) is 10.1. The van der Waals surface area contributed by atoms with E-state index in [1.165, 1.54) is 0 Å². The van der Waals surface area contributed by atoms with E-state index < -0.39 is 11.7 Å². The average molecular weight is 459 g/mol. The Morgan fingerprint density at radius 2 is 1.45 bits per heavy atom. The van der Waals surface area contributed by atoms with Crippen molar-refractivity contribution in [2.24, 2.45) is 5.92 Å². The van der Waals surface area contributed by atoms with Gasteiger partial charge in [-0.15, -0.1) is 0 Å². The van der Waals surface area contributed by atoms with Crippen LogP contribution < -0.4 is 15.4 Å². The maximum atomic E-state index is 13.5. The molecule has 0 bridgehead atoms. The Kier molecular flexibility index (Phi) is 7.15. The van der Waals surface area contributed by atoms with Gasteiger partial charge in [0.25, 0.3) is 0 Å². The fourth-order valence-electron chi connectivity index (χ4n) is 3.17. The standard InChI is InChI=1S/C25H29F3N4O/c1-16(2)14-17-6-8-18(9-7-17)30-22-21(25(26,27)28)15-29-23(32-22)31-19-10-12-20(13-11-19)33-24(3,4)5/h6-13,15-16H,14H2,1-5H3,(H2,29,30,31,32). The van der Waals surface area contributed by atoms with Gasteiger partial charge in [0.15, 0.2) is 0 Å². The fourth-order valence-corrected chi connectivity index (χ4v) is 3.17. The topological polar surface area (TPSA) is 59.1 Å². The molecule has 0 saturated heterocycles. The van der Waals surface area contributed by atoms with Gasteiger partial charge in [-0.2, -0.15) is 18.2 Å². The van der Waals surface area contributed by atoms with E-state index in [2.05, 4.69) is 34.4 Å². The van der Waals surface area contributed by atoms with E-state index >= 15 is 0 Å². The molecule has 2 aromatic carbocycles. The Labute approximate surface area is 192 Å². The molecule has 0 spiro atoms. The number of anilines is 4. The van der Waals surface area contributed by atoms with Crippen molar-refractivity contribution < 1.29 is 17.9 Å². The molecule has 1 heterocycles. The van der Waals surface area contributed by atoms with E-state index in [4.69, 9.17) is 4.74 Å². The van der Waals surface area contributed by atoms with Gasteiger partial charge in [0, 0.05) is 17.6 Å². The largest absolute Gasteiger partial charge is 0.488 e. The number of hydrogen-bond donors (Lipinski definition) is 2. The van der Waals surface area contributed by atoms with E-state index in [0.717, 1.165) is 18.2 Å². The van der Waals surface area contributed by atoms with E-state index in [-0.39, 0.29) is 17.4 Å². The third-order valence-corrected chi connectivity index (χ3v) is 4.49. The van der Waals surface area contributed by atoms with E-state index in [0.29, 0.717) is 23.0 Å². The summed E-state index contributed by atoms with van der Waals surface area (Å²) < 4.78 is 46.4. The van der Waals surface area contributed by atoms with Crippen LogP contribution in [0.25, 0.3) is 0 Å². The maximum Gasteiger partial charge on any atom is 0.421 e. The molecule has 0 saturated carbocycles. The van der Waals surface area contributed by atoms with Crippen molar-refractivity contribution in [3.05, 3.63) is 65.9 Å². The van der Waals surface area contributed by atoms with Gasteiger partial charge in [0.2, 0.25) is 5.95 Å². The van der Waals surface area contributed by atoms with E-state index in [1.807, 2.05) is 32.9 Å². The third kappa shape index (κ3) is 7.37. The second-order valence-corrected chi connectivity index (χ2v) is 9.24. The smallest absolute Gasteiger partial charge is 0.421 e. The lowest BCUT2D eigenvalue weighted by Gasteiger charge is -2.21. The van der Waals surface area contributed by atoms with Gasteiger partial charge in [0.05, 0.1) is 0 Å². The molecule has 0 unspecified atom stereocenters. The Morgan fingerprint density at radius 1 is 0.879 bits per heavy atom. The van der Waals surface area contributed by atoms with Gasteiger partial charge < -0.3 is 15.4 Å². The van der Waals surface area contributed by atoms with Crippen LogP contribution in [0.3, 0.4) is 0 Å². The second-order valence-electron chi connectivity index (χ2n) is 9.24. The first kappa shape index (κ1) is 24.4. The summed E-state index contributed by atoms with van der Waals surface area (Å²) in [6.07, 6.45) is -2.92. The van der Waals surface area contributed by atoms with Gasteiger partial charge in [-0.3, -0.25) is 0 Å². The molecule has 8 heteroatoms. The van der Waals surface area contributed by atoms with Crippen molar-refractivity contribution in [1.82, 2.24) is 9.97 Å². The molecule has 33 heavy (non-hydrogen) atoms. The Bertz CT molecular complexity index is 1060. The molecular weight excluding hydrogens is 429 g/mol. The molecule has 0 atom stereocenters. The summed E-state index contributed by atoms with van der Waals surface area (Å²) in [5.74, 6) is 0.908. The van der Waals surface area contributed by atoms with Crippen molar-refractivity contribution in [2.45, 2.75) is 52.8 Å². The molecule has 0 aliphatic rings. The van der Waals surface area contributed by atoms with E-state index in [1.54, 1.807) is 36.4 Å². The fraction of sp³-hybridized carbons (Fsp3) is 0.360. The first-order valence-electron chi connectivity index (χ1n) is 10.8. The monoisotopic (exact) mass is 458 g/mol. The zero-order valence-corrected chi connectivity index (χ0v) is 19.4. The lowest BCUT2D eigenvalue weighted by Crippen LogP contribution is -2.22. The number of nitrogens with zero attached hydrogens (tertiary/aromatic N) is 2. The van der Waals surface area contributed by atoms with Crippen LogP contribution in [0.15, 0.2) is 54.7 Å². The molecule has 0 aliphatic carbocycles. The first-order valence-corrected chi connectivity index (χ1v) is 10.8. The van der Waals surface area contributed by atoms with E-state index in [9.17, 15) is 13.2 Å². The number of alkyl halides is 3. The van der Waals surface area contributed by atoms with Crippen LogP contribution >= 0.6 is 0 Å². The molecule has 2 N–H and O–H groups in total. The van der Waals surface area contributed by atoms with Crippen molar-refractivity contribution >= 4 is 23.1 Å². The lowest BCUT2D eigenvalue weighted by atomic mass is 10.0. The zero-order valence-electron chi connectivity index (χ0n) is 19.4. The molecule has 0 aliphatic heterocycles. The van der Waals surface area contributed by atoms with Crippen molar-refractivity contribution in [2.75, 3.05) is 10.6 Å². The SMILES string of the molecule is CC(C)Cc1ccc(Nc2nc(Nc3ccc(OC(C)(C)C)cc3)ncc2C(F)(F)F)cc1. The van der Waals surface area contributed by atoms with Gasteiger partial charge in [-0.25, -0.2) is 4.98 Å². The molecule has 3 rings (SSSR count). The minimum atomic E-state index is -4.59. The summed E-state index contributed by atoms with van der Waals surface area (Å²) in [7, 11) is 0. The van der Waals surface area contributed by atoms with Crippen molar-refractivity contribution in [3.63, 3.8) is 0 Å². The van der Waals surface area contributed by atoms with Crippen molar-refractivity contribution in [1.29, 1.82) is 0 Å². The highest BCUT2D eigenvalue weighted by Crippen LogP contribution is 2.35. The van der Waals surface area contributed by atoms with Gasteiger partial charge >= 0.3 is 6.18 Å². The number of rotatable bonds is 7. The highest BCUT2D eigenvalue weighted by molar-refractivity contribution is 5.63. The quantitative estimate of drug-likeness (QED) is 0.387. The Hall–Kier alpha value is -3.29. The molecule has 0 amide bonds. The summed E-state index contributed by atoms with van der Waals surface area (Å²) in [4.78, 5) is 7.96. The minimum absolute atomic E-state index is 0.0476. The second kappa shape index (κ2) is 9.68. The average Bonchev–Trinajstić information content (AvgIpc) is 2.69. The number of aromatic nitrogens is 2. The Morgan fingerprint density at radius 3 is 2.00 bits per heavy atom. The molecule has 0 fully saturated rings. The maximum absolute atomic E-state index is 13.5. The lowest BCUT2D eigenvalue weighted by molar-refractivity contribution is -0.137. The van der Waals surface area contributed by atoms with Crippen molar-refractivity contribution in [3.8, 4) is 5.75 Å². The predicted molar refractivity (Wildman–Crippen MR) is 125 cm³/mol. The molecule has 1 aromatic heterocycles. The normalized spacial score (nSPS) is 12.0. The van der Waals surface area contributed by atoms with Crippen LogP contribution in [0.5, 0.6) is 5.75 Å². The third-order valence-electron chi connectivity index (χ3n) is 4.49. The molecule has 3 aromatic rings. The summed E-state index contributed by atoms with van der Waals surface area (Å²) in [5, 5.41) is 5.73. The first-order chi connectivity index (χ1) is 15.4. The van der Waals surface area contributed by atoms with Crippen LogP contribution in [0.1, 0.15) is 45.7 Å². The molecular formula is C25H29F3N4O. The number of nitrogens with one attached hydrogen (secondary N) is 2. The van der Waals surface area contributed by atoms with Crippen LogP contribution in [0.4, 0.5) is 36.3 Å². The summed E-state index contributed by atoms with van der Waals surface area (Å²) in [6, 6.07) is 14.4. The number of benzene rings is 2. The number of halogens is 3. The van der Waals surface area contributed by atoms with Gasteiger partial charge in [-0.05, 0) is 75.1 Å². The van der Waals surface area contributed by atoms with Crippen LogP contribution in [-0.2, 0) is 12.6 Å². The van der Waals surface area contributed by atoms with Crippen LogP contribution in [0, 0.1) is 5.92 Å². The van der Waals surface area contributed by atoms with Gasteiger partial charge in [-0.1, -0.05) is 26.0 Å². The number of hydrogen-bond acceptors (Lipinski definition) is 5. The zero-order chi connectivity index (χ0) is 24.2. The minimum Gasteiger partial charge on any atom is -0.488 e. The highest BCUT2D eigenvalue weighted by Gasteiger charge is 2.35.